The summed E-state index contributed by atoms with van der Waals surface area (Å²) in [5.41, 5.74) is 0. The van der Waals surface area contributed by atoms with E-state index >= 15 is 0 Å². The van der Waals surface area contributed by atoms with E-state index in [9.17, 15) is 4.79 Å². The summed E-state index contributed by atoms with van der Waals surface area (Å²) in [4.78, 5) is 15.8. The zero-order valence-electron chi connectivity index (χ0n) is 8.86. The molecule has 15 heavy (non-hydrogen) atoms. The van der Waals surface area contributed by atoms with Gasteiger partial charge in [-0.2, -0.15) is 0 Å². The van der Waals surface area contributed by atoms with Crippen LogP contribution in [0.5, 0.6) is 0 Å². The van der Waals surface area contributed by atoms with Gasteiger partial charge in [-0.1, -0.05) is 6.42 Å². The quantitative estimate of drug-likeness (QED) is 0.744. The summed E-state index contributed by atoms with van der Waals surface area (Å²) in [5.74, 6) is 0.622. The SMILES string of the molecule is Cn1ccnc1NC(=O)[C@@H]1CCCCN1. The zero-order chi connectivity index (χ0) is 10.7. The van der Waals surface area contributed by atoms with Crippen LogP contribution < -0.4 is 10.6 Å². The largest absolute Gasteiger partial charge is 0.320 e. The highest BCUT2D eigenvalue weighted by Crippen LogP contribution is 2.09. The van der Waals surface area contributed by atoms with Gasteiger partial charge in [-0.15, -0.1) is 0 Å². The highest BCUT2D eigenvalue weighted by molar-refractivity contribution is 5.93. The molecule has 0 bridgehead atoms. The number of carbonyl (C=O) groups excluding carboxylic acids is 1. The van der Waals surface area contributed by atoms with Gasteiger partial charge in [-0.3, -0.25) is 10.1 Å². The van der Waals surface area contributed by atoms with Crippen LogP contribution in [0.2, 0.25) is 0 Å². The smallest absolute Gasteiger partial charge is 0.243 e. The Kier molecular flexibility index (Phi) is 3.01. The van der Waals surface area contributed by atoms with E-state index in [1.54, 1.807) is 10.8 Å². The van der Waals surface area contributed by atoms with E-state index in [1.165, 1.54) is 0 Å². The molecule has 2 heterocycles. The summed E-state index contributed by atoms with van der Waals surface area (Å²) < 4.78 is 1.79. The minimum atomic E-state index is -0.0598. The summed E-state index contributed by atoms with van der Waals surface area (Å²) in [6, 6.07) is -0.0598. The molecule has 82 valence electrons. The molecule has 1 fully saturated rings. The van der Waals surface area contributed by atoms with E-state index in [0.29, 0.717) is 5.95 Å². The highest BCUT2D eigenvalue weighted by Gasteiger charge is 2.21. The molecule has 0 spiro atoms. The Morgan fingerprint density at radius 2 is 2.53 bits per heavy atom. The first kappa shape index (κ1) is 10.2. The Balaban J connectivity index is 1.94. The lowest BCUT2D eigenvalue weighted by Gasteiger charge is -2.22. The van der Waals surface area contributed by atoms with Crippen LogP contribution in [0, 0.1) is 0 Å². The first-order valence-electron chi connectivity index (χ1n) is 5.29. The topological polar surface area (TPSA) is 59.0 Å². The molecule has 1 aliphatic rings. The number of rotatable bonds is 2. The summed E-state index contributed by atoms with van der Waals surface area (Å²) in [7, 11) is 1.86. The summed E-state index contributed by atoms with van der Waals surface area (Å²) in [6.45, 7) is 0.929. The van der Waals surface area contributed by atoms with Crippen molar-refractivity contribution in [3.05, 3.63) is 12.4 Å². The van der Waals surface area contributed by atoms with Gasteiger partial charge in [-0.05, 0) is 19.4 Å². The lowest BCUT2D eigenvalue weighted by molar-refractivity contribution is -0.118. The molecule has 1 amide bonds. The molecule has 5 nitrogen and oxygen atoms in total. The molecule has 1 aromatic heterocycles. The van der Waals surface area contributed by atoms with Gasteiger partial charge in [0, 0.05) is 19.4 Å². The van der Waals surface area contributed by atoms with Crippen molar-refractivity contribution in [3.8, 4) is 0 Å². The third kappa shape index (κ3) is 2.36. The number of anilines is 1. The monoisotopic (exact) mass is 208 g/mol. The van der Waals surface area contributed by atoms with Gasteiger partial charge in [0.2, 0.25) is 11.9 Å². The molecular formula is C10H16N4O. The maximum Gasteiger partial charge on any atom is 0.243 e. The standard InChI is InChI=1S/C10H16N4O/c1-14-7-6-12-10(14)13-9(15)8-4-2-3-5-11-8/h6-8,11H,2-5H2,1H3,(H,12,13,15)/t8-/m0/s1. The van der Waals surface area contributed by atoms with Crippen LogP contribution in [-0.2, 0) is 11.8 Å². The third-order valence-corrected chi connectivity index (χ3v) is 2.68. The van der Waals surface area contributed by atoms with Crippen molar-refractivity contribution in [2.75, 3.05) is 11.9 Å². The summed E-state index contributed by atoms with van der Waals surface area (Å²) in [6.07, 6.45) is 6.67. The fraction of sp³-hybridized carbons (Fsp3) is 0.600. The number of aryl methyl sites for hydroxylation is 1. The van der Waals surface area contributed by atoms with Crippen LogP contribution in [0.4, 0.5) is 5.95 Å². The number of imidazole rings is 1. The fourth-order valence-electron chi connectivity index (χ4n) is 1.76. The maximum atomic E-state index is 11.8. The van der Waals surface area contributed by atoms with Gasteiger partial charge in [0.1, 0.15) is 0 Å². The Morgan fingerprint density at radius 3 is 3.13 bits per heavy atom. The number of nitrogens with zero attached hydrogens (tertiary/aromatic N) is 2. The van der Waals surface area contributed by atoms with E-state index in [4.69, 9.17) is 0 Å². The van der Waals surface area contributed by atoms with Gasteiger partial charge >= 0.3 is 0 Å². The number of hydrogen-bond acceptors (Lipinski definition) is 3. The van der Waals surface area contributed by atoms with Gasteiger partial charge < -0.3 is 9.88 Å². The van der Waals surface area contributed by atoms with Gasteiger partial charge in [0.25, 0.3) is 0 Å². The lowest BCUT2D eigenvalue weighted by atomic mass is 10.0. The molecule has 0 aliphatic carbocycles. The average molecular weight is 208 g/mol. The predicted octanol–water partition coefficient (Wildman–Crippen LogP) is 0.501. The first-order valence-corrected chi connectivity index (χ1v) is 5.29. The van der Waals surface area contributed by atoms with Gasteiger partial charge in [-0.25, -0.2) is 4.98 Å². The number of hydrogen-bond donors (Lipinski definition) is 2. The summed E-state index contributed by atoms with van der Waals surface area (Å²) >= 11 is 0. The second-order valence-electron chi connectivity index (χ2n) is 3.85. The van der Waals surface area contributed by atoms with Gasteiger partial charge in [0.05, 0.1) is 6.04 Å². The Hall–Kier alpha value is -1.36. The molecule has 1 saturated heterocycles. The third-order valence-electron chi connectivity index (χ3n) is 2.68. The second-order valence-corrected chi connectivity index (χ2v) is 3.85. The molecule has 0 unspecified atom stereocenters. The van der Waals surface area contributed by atoms with Crippen molar-refractivity contribution in [1.82, 2.24) is 14.9 Å². The van der Waals surface area contributed by atoms with E-state index < -0.39 is 0 Å². The van der Waals surface area contributed by atoms with E-state index in [0.717, 1.165) is 25.8 Å². The number of aromatic nitrogens is 2. The van der Waals surface area contributed by atoms with Crippen molar-refractivity contribution in [2.24, 2.45) is 7.05 Å². The van der Waals surface area contributed by atoms with E-state index in [2.05, 4.69) is 15.6 Å². The molecule has 5 heteroatoms. The molecule has 0 saturated carbocycles. The van der Waals surface area contributed by atoms with Crippen LogP contribution in [0.25, 0.3) is 0 Å². The number of piperidine rings is 1. The predicted molar refractivity (Wildman–Crippen MR) is 57.5 cm³/mol. The molecule has 1 atom stereocenters. The van der Waals surface area contributed by atoms with E-state index in [-0.39, 0.29) is 11.9 Å². The first-order chi connectivity index (χ1) is 7.27. The number of nitrogens with one attached hydrogen (secondary N) is 2. The van der Waals surface area contributed by atoms with Crippen molar-refractivity contribution in [2.45, 2.75) is 25.3 Å². The highest BCUT2D eigenvalue weighted by atomic mass is 16.2. The fourth-order valence-corrected chi connectivity index (χ4v) is 1.76. The van der Waals surface area contributed by atoms with Crippen LogP contribution >= 0.6 is 0 Å². The Bertz CT molecular complexity index is 341. The zero-order valence-corrected chi connectivity index (χ0v) is 8.86. The molecule has 1 aromatic rings. The molecule has 0 radical (unpaired) electrons. The van der Waals surface area contributed by atoms with Crippen LogP contribution in [0.1, 0.15) is 19.3 Å². The Morgan fingerprint density at radius 1 is 1.67 bits per heavy atom. The van der Waals surface area contributed by atoms with Crippen molar-refractivity contribution < 1.29 is 4.79 Å². The average Bonchev–Trinajstić information content (AvgIpc) is 2.66. The normalized spacial score (nSPS) is 21.3. The molecular weight excluding hydrogens is 192 g/mol. The van der Waals surface area contributed by atoms with Crippen molar-refractivity contribution in [1.29, 1.82) is 0 Å². The molecule has 0 aromatic carbocycles. The van der Waals surface area contributed by atoms with Crippen LogP contribution in [0.3, 0.4) is 0 Å². The molecule has 2 rings (SSSR count). The van der Waals surface area contributed by atoms with Crippen molar-refractivity contribution in [3.63, 3.8) is 0 Å². The minimum absolute atomic E-state index is 0.0176. The maximum absolute atomic E-state index is 11.8. The number of amides is 1. The number of carbonyl (C=O) groups is 1. The summed E-state index contributed by atoms with van der Waals surface area (Å²) in [5, 5.41) is 6.01. The van der Waals surface area contributed by atoms with Crippen LogP contribution in [-0.4, -0.2) is 28.0 Å². The van der Waals surface area contributed by atoms with Gasteiger partial charge in [0.15, 0.2) is 0 Å². The molecule has 1 aliphatic heterocycles. The minimum Gasteiger partial charge on any atom is -0.320 e. The van der Waals surface area contributed by atoms with Crippen LogP contribution in [0.15, 0.2) is 12.4 Å². The lowest BCUT2D eigenvalue weighted by Crippen LogP contribution is -2.43. The van der Waals surface area contributed by atoms with E-state index in [1.807, 2.05) is 13.2 Å². The second kappa shape index (κ2) is 4.44. The van der Waals surface area contributed by atoms with Crippen molar-refractivity contribution >= 4 is 11.9 Å². The Labute approximate surface area is 88.9 Å². The molecule has 2 N–H and O–H groups in total.